The van der Waals surface area contributed by atoms with E-state index in [9.17, 15) is 5.11 Å². The number of hydrogen-bond donors (Lipinski definition) is 1. The number of phenolic OH excluding ortho intramolecular Hbond substituents is 1. The van der Waals surface area contributed by atoms with Crippen LogP contribution in [0.25, 0.3) is 83.9 Å². The zero-order valence-electron chi connectivity index (χ0n) is 42.2. The van der Waals surface area contributed by atoms with Crippen LogP contribution in [-0.4, -0.2) is 19.6 Å². The van der Waals surface area contributed by atoms with Gasteiger partial charge in [0.1, 0.15) is 11.6 Å². The van der Waals surface area contributed by atoms with Gasteiger partial charge < -0.3 is 5.11 Å². The third-order valence-electron chi connectivity index (χ3n) is 13.3. The normalized spacial score (nSPS) is 12.3. The molecule has 0 spiro atoms. The Hall–Kier alpha value is -6.35. The van der Waals surface area contributed by atoms with Crippen LogP contribution >= 0.6 is 0 Å². The average Bonchev–Trinajstić information content (AvgIpc) is 3.70. The molecule has 1 N–H and O–H groups in total. The molecule has 0 saturated carbocycles. The molecular formula is C64H64N3OPt-. The van der Waals surface area contributed by atoms with Crippen molar-refractivity contribution in [3.8, 4) is 78.6 Å². The molecule has 4 nitrogen and oxygen atoms in total. The van der Waals surface area contributed by atoms with Crippen molar-refractivity contribution in [2.45, 2.75) is 105 Å². The molecule has 5 heteroatoms. The van der Waals surface area contributed by atoms with E-state index in [4.69, 9.17) is 9.97 Å². The first-order valence-electron chi connectivity index (χ1n) is 24.0. The molecule has 0 fully saturated rings. The van der Waals surface area contributed by atoms with E-state index in [1.165, 1.54) is 22.3 Å². The summed E-state index contributed by atoms with van der Waals surface area (Å²) in [6, 6.07) is 60.0. The minimum absolute atomic E-state index is 0. The summed E-state index contributed by atoms with van der Waals surface area (Å²) in [6.45, 7) is 27.1. The van der Waals surface area contributed by atoms with Crippen LogP contribution in [0.5, 0.6) is 5.75 Å². The number of nitrogens with zero attached hydrogens (tertiary/aromatic N) is 3. The molecule has 0 aliphatic rings. The van der Waals surface area contributed by atoms with E-state index in [-0.39, 0.29) is 48.5 Å². The van der Waals surface area contributed by atoms with Gasteiger partial charge in [-0.05, 0) is 103 Å². The summed E-state index contributed by atoms with van der Waals surface area (Å²) in [6.07, 6.45) is 1.93. The van der Waals surface area contributed by atoms with Crippen LogP contribution in [0.4, 0.5) is 0 Å². The molecule has 2 aromatic heterocycles. The third-order valence-corrected chi connectivity index (χ3v) is 13.3. The van der Waals surface area contributed by atoms with E-state index in [2.05, 4.69) is 239 Å². The molecule has 0 aliphatic carbocycles. The summed E-state index contributed by atoms with van der Waals surface area (Å²) in [5.41, 5.74) is 18.3. The van der Waals surface area contributed by atoms with Gasteiger partial charge in [0.05, 0.1) is 22.3 Å². The van der Waals surface area contributed by atoms with E-state index in [0.717, 1.165) is 72.5 Å². The van der Waals surface area contributed by atoms with E-state index in [1.54, 1.807) is 0 Å². The molecule has 0 atom stereocenters. The number of imidazole rings is 1. The maximum absolute atomic E-state index is 11.8. The van der Waals surface area contributed by atoms with Gasteiger partial charge in [-0.2, -0.15) is 0 Å². The Kier molecular flexibility index (Phi) is 13.2. The van der Waals surface area contributed by atoms with Crippen LogP contribution in [0.1, 0.15) is 105 Å². The molecule has 9 aromatic rings. The number of benzene rings is 7. The van der Waals surface area contributed by atoms with Gasteiger partial charge in [0.2, 0.25) is 0 Å². The van der Waals surface area contributed by atoms with Gasteiger partial charge in [-0.3, -0.25) is 9.55 Å². The van der Waals surface area contributed by atoms with Gasteiger partial charge in [-0.25, -0.2) is 4.98 Å². The first-order valence-corrected chi connectivity index (χ1v) is 24.0. The molecule has 0 unspecified atom stereocenters. The molecule has 0 radical (unpaired) electrons. The zero-order valence-corrected chi connectivity index (χ0v) is 44.5. The van der Waals surface area contributed by atoms with Gasteiger partial charge >= 0.3 is 0 Å². The average molecular weight is 1090 g/mol. The first-order chi connectivity index (χ1) is 32.1. The van der Waals surface area contributed by atoms with Gasteiger partial charge in [0, 0.05) is 38.5 Å². The topological polar surface area (TPSA) is 50.9 Å². The van der Waals surface area contributed by atoms with Crippen molar-refractivity contribution in [3.63, 3.8) is 0 Å². The summed E-state index contributed by atoms with van der Waals surface area (Å²) >= 11 is 0. The second-order valence-electron chi connectivity index (χ2n) is 22.6. The molecule has 9 rings (SSSR count). The number of aromatic hydroxyl groups is 1. The van der Waals surface area contributed by atoms with Crippen molar-refractivity contribution in [1.82, 2.24) is 14.5 Å². The predicted molar refractivity (Wildman–Crippen MR) is 287 cm³/mol. The fourth-order valence-corrected chi connectivity index (χ4v) is 9.04. The van der Waals surface area contributed by atoms with Crippen LogP contribution < -0.4 is 0 Å². The maximum Gasteiger partial charge on any atom is 0.148 e. The first kappa shape index (κ1) is 49.1. The number of phenols is 1. The summed E-state index contributed by atoms with van der Waals surface area (Å²) in [7, 11) is 0. The Bertz CT molecular complexity index is 3290. The van der Waals surface area contributed by atoms with Crippen LogP contribution in [-0.2, 0) is 42.7 Å². The Labute approximate surface area is 424 Å². The van der Waals surface area contributed by atoms with Gasteiger partial charge in [0.25, 0.3) is 0 Å². The number of rotatable bonds is 7. The van der Waals surface area contributed by atoms with E-state index in [0.29, 0.717) is 11.4 Å². The van der Waals surface area contributed by atoms with Crippen molar-refractivity contribution in [2.24, 2.45) is 0 Å². The number of fused-ring (bicyclic) bond motifs is 1. The van der Waals surface area contributed by atoms with Crippen LogP contribution in [0.2, 0.25) is 0 Å². The third kappa shape index (κ3) is 10.1. The minimum Gasteiger partial charge on any atom is -0.507 e. The van der Waals surface area contributed by atoms with Crippen molar-refractivity contribution in [3.05, 3.63) is 192 Å². The number of aromatic nitrogens is 3. The predicted octanol–water partition coefficient (Wildman–Crippen LogP) is 17.1. The quantitative estimate of drug-likeness (QED) is 0.162. The van der Waals surface area contributed by atoms with Crippen LogP contribution in [0, 0.1) is 6.07 Å². The Morgan fingerprint density at radius 1 is 0.435 bits per heavy atom. The van der Waals surface area contributed by atoms with Crippen molar-refractivity contribution < 1.29 is 26.2 Å². The Balaban J connectivity index is 0.00000642. The molecule has 0 amide bonds. The molecule has 69 heavy (non-hydrogen) atoms. The van der Waals surface area contributed by atoms with Crippen molar-refractivity contribution >= 4 is 11.0 Å². The second-order valence-corrected chi connectivity index (χ2v) is 22.6. The molecule has 352 valence electrons. The second kappa shape index (κ2) is 18.5. The molecule has 0 aliphatic heterocycles. The zero-order chi connectivity index (χ0) is 48.3. The molecule has 2 heterocycles. The smallest absolute Gasteiger partial charge is 0.148 e. The number of hydrogen-bond acceptors (Lipinski definition) is 3. The number of pyridine rings is 1. The SMILES string of the molecule is CC(C)(C)c1cc(-c2ccnc(-c3[c-]c(-c4cccc5c4nc(-c4cc(C(C)(C)C)ccc4O)n5-c4ccc(C(C)(C)C)cc4-c4ccccc4)cc(-c4ccccc4)c3)c2)cc(C(C)(C)C)c1.[Pt]. The van der Waals surface area contributed by atoms with Gasteiger partial charge in [0.15, 0.2) is 0 Å². The molecule has 0 bridgehead atoms. The monoisotopic (exact) mass is 1090 g/mol. The van der Waals surface area contributed by atoms with E-state index >= 15 is 0 Å². The largest absolute Gasteiger partial charge is 0.507 e. The summed E-state index contributed by atoms with van der Waals surface area (Å²) in [4.78, 5) is 10.6. The van der Waals surface area contributed by atoms with E-state index in [1.807, 2.05) is 18.3 Å². The van der Waals surface area contributed by atoms with Crippen LogP contribution in [0.3, 0.4) is 0 Å². The van der Waals surface area contributed by atoms with Gasteiger partial charge in [-0.15, -0.1) is 23.8 Å². The maximum atomic E-state index is 11.8. The Morgan fingerprint density at radius 3 is 1.59 bits per heavy atom. The number of para-hydroxylation sites is 1. The van der Waals surface area contributed by atoms with Crippen molar-refractivity contribution in [1.29, 1.82) is 0 Å². The summed E-state index contributed by atoms with van der Waals surface area (Å²) in [5.74, 6) is 0.842. The minimum atomic E-state index is -0.160. The molecular weight excluding hydrogens is 1020 g/mol. The van der Waals surface area contributed by atoms with E-state index < -0.39 is 0 Å². The fourth-order valence-electron chi connectivity index (χ4n) is 9.04. The molecule has 0 saturated heterocycles. The summed E-state index contributed by atoms with van der Waals surface area (Å²) in [5, 5.41) is 11.8. The van der Waals surface area contributed by atoms with Crippen molar-refractivity contribution in [2.75, 3.05) is 0 Å². The summed E-state index contributed by atoms with van der Waals surface area (Å²) < 4.78 is 2.25. The van der Waals surface area contributed by atoms with Crippen LogP contribution in [0.15, 0.2) is 164 Å². The Morgan fingerprint density at radius 2 is 0.986 bits per heavy atom. The standard InChI is InChI=1S/C64H64N3O.Pt/c1-61(2,3)48-26-28-56(53(39-48)42-22-17-14-18-23-42)67-57-25-19-24-52(59(57)66-60(67)54-40-49(62(4,5)6)27-29-58(54)68)46-32-44(41-20-15-13-16-21-41)33-47(34-46)55-37-43(30-31-65-55)45-35-50(63(7,8)9)38-51(36-45)64(10,11)12;/h13-33,35-40,68H,1-12H3;/q-1;. The fraction of sp³-hybridized carbons (Fsp3) is 0.250. The molecule has 7 aromatic carbocycles. The van der Waals surface area contributed by atoms with Gasteiger partial charge in [-0.1, -0.05) is 209 Å².